The molecule has 0 bridgehead atoms. The van der Waals surface area contributed by atoms with Gasteiger partial charge in [0.15, 0.2) is 0 Å². The molecule has 0 atom stereocenters. The summed E-state index contributed by atoms with van der Waals surface area (Å²) in [6, 6.07) is 4.12. The van der Waals surface area contributed by atoms with E-state index in [1.807, 2.05) is 25.3 Å². The third-order valence-corrected chi connectivity index (χ3v) is 3.78. The summed E-state index contributed by atoms with van der Waals surface area (Å²) >= 11 is 3.36. The quantitative estimate of drug-likeness (QED) is 0.851. The first kappa shape index (κ1) is 9.83. The lowest BCUT2D eigenvalue weighted by Gasteiger charge is -2.14. The van der Waals surface area contributed by atoms with Crippen molar-refractivity contribution in [3.05, 3.63) is 28.6 Å². The Morgan fingerprint density at radius 1 is 1.36 bits per heavy atom. The van der Waals surface area contributed by atoms with Crippen molar-refractivity contribution in [1.29, 1.82) is 0 Å². The molecule has 0 aliphatic heterocycles. The van der Waals surface area contributed by atoms with Crippen molar-refractivity contribution in [2.75, 3.05) is 0 Å². The first-order valence-corrected chi connectivity index (χ1v) is 6.12. The van der Waals surface area contributed by atoms with Gasteiger partial charge in [0.1, 0.15) is 5.01 Å². The van der Waals surface area contributed by atoms with Gasteiger partial charge in [0.2, 0.25) is 0 Å². The number of hydrogen-bond acceptors (Lipinski definition) is 4. The van der Waals surface area contributed by atoms with Crippen molar-refractivity contribution < 1.29 is 0 Å². The van der Waals surface area contributed by atoms with E-state index < -0.39 is 0 Å². The van der Waals surface area contributed by atoms with E-state index in [2.05, 4.69) is 16.4 Å². The highest BCUT2D eigenvalue weighted by atomic mass is 32.1. The first-order chi connectivity index (χ1) is 6.57. The zero-order valence-corrected chi connectivity index (χ0v) is 9.78. The molecule has 0 aliphatic rings. The first-order valence-electron chi connectivity index (χ1n) is 4.36. The summed E-state index contributed by atoms with van der Waals surface area (Å²) in [5, 5.41) is 5.16. The molecule has 2 N–H and O–H groups in total. The Morgan fingerprint density at radius 2 is 2.14 bits per heavy atom. The number of thiazole rings is 1. The van der Waals surface area contributed by atoms with Gasteiger partial charge in [-0.25, -0.2) is 4.98 Å². The van der Waals surface area contributed by atoms with E-state index in [9.17, 15) is 0 Å². The van der Waals surface area contributed by atoms with Crippen LogP contribution in [0.1, 0.15) is 19.5 Å². The van der Waals surface area contributed by atoms with Gasteiger partial charge in [-0.2, -0.15) is 0 Å². The summed E-state index contributed by atoms with van der Waals surface area (Å²) in [5.41, 5.74) is 6.59. The second-order valence-corrected chi connectivity index (χ2v) is 5.54. The summed E-state index contributed by atoms with van der Waals surface area (Å²) < 4.78 is 0. The van der Waals surface area contributed by atoms with Gasteiger partial charge < -0.3 is 5.73 Å². The monoisotopic (exact) mass is 224 g/mol. The van der Waals surface area contributed by atoms with E-state index in [4.69, 9.17) is 5.73 Å². The Labute approximate surface area is 91.4 Å². The average molecular weight is 224 g/mol. The largest absolute Gasteiger partial charge is 0.321 e. The second-order valence-electron chi connectivity index (χ2n) is 3.74. The highest BCUT2D eigenvalue weighted by Crippen LogP contribution is 2.30. The van der Waals surface area contributed by atoms with Crippen LogP contribution >= 0.6 is 22.7 Å². The van der Waals surface area contributed by atoms with Crippen LogP contribution in [0.4, 0.5) is 0 Å². The smallest absolute Gasteiger partial charge is 0.133 e. The van der Waals surface area contributed by atoms with Crippen LogP contribution < -0.4 is 5.73 Å². The van der Waals surface area contributed by atoms with E-state index >= 15 is 0 Å². The van der Waals surface area contributed by atoms with Gasteiger partial charge in [0, 0.05) is 5.38 Å². The molecule has 2 aromatic rings. The molecule has 4 heteroatoms. The minimum Gasteiger partial charge on any atom is -0.321 e. The van der Waals surface area contributed by atoms with Gasteiger partial charge in [-0.1, -0.05) is 6.07 Å². The fourth-order valence-corrected chi connectivity index (χ4v) is 2.89. The summed E-state index contributed by atoms with van der Waals surface area (Å²) in [7, 11) is 0. The van der Waals surface area contributed by atoms with Crippen molar-refractivity contribution in [1.82, 2.24) is 4.98 Å². The third-order valence-electron chi connectivity index (χ3n) is 1.90. The number of hydrogen-bond donors (Lipinski definition) is 1. The van der Waals surface area contributed by atoms with Crippen LogP contribution in [-0.2, 0) is 5.54 Å². The zero-order valence-electron chi connectivity index (χ0n) is 8.15. The topological polar surface area (TPSA) is 38.9 Å². The summed E-state index contributed by atoms with van der Waals surface area (Å²) in [5.74, 6) is 0. The maximum atomic E-state index is 5.97. The van der Waals surface area contributed by atoms with Gasteiger partial charge in [-0.3, -0.25) is 0 Å². The summed E-state index contributed by atoms with van der Waals surface area (Å²) in [6.45, 7) is 3.94. The highest BCUT2D eigenvalue weighted by molar-refractivity contribution is 7.20. The van der Waals surface area contributed by atoms with Crippen molar-refractivity contribution in [2.45, 2.75) is 19.4 Å². The molecular weight excluding hydrogens is 212 g/mol. The molecule has 2 aromatic heterocycles. The molecule has 14 heavy (non-hydrogen) atoms. The Bertz CT molecular complexity index is 410. The normalized spacial score (nSPS) is 11.9. The van der Waals surface area contributed by atoms with E-state index in [0.717, 1.165) is 10.7 Å². The molecule has 2 rings (SSSR count). The SMILES string of the molecule is CC(C)(N)c1csc(-c2cccs2)n1. The Morgan fingerprint density at radius 3 is 2.64 bits per heavy atom. The van der Waals surface area contributed by atoms with Crippen LogP contribution in [0.5, 0.6) is 0 Å². The van der Waals surface area contributed by atoms with Crippen LogP contribution in [0.2, 0.25) is 0 Å². The minimum absolute atomic E-state index is 0.341. The molecule has 2 heterocycles. The lowest BCUT2D eigenvalue weighted by atomic mass is 10.0. The predicted molar refractivity (Wildman–Crippen MR) is 62.6 cm³/mol. The maximum Gasteiger partial charge on any atom is 0.133 e. The molecule has 0 amide bonds. The molecule has 0 aliphatic carbocycles. The van der Waals surface area contributed by atoms with Crippen molar-refractivity contribution in [3.8, 4) is 9.88 Å². The Kier molecular flexibility index (Phi) is 2.43. The van der Waals surface area contributed by atoms with Gasteiger partial charge >= 0.3 is 0 Å². The summed E-state index contributed by atoms with van der Waals surface area (Å²) in [6.07, 6.45) is 0. The molecule has 0 saturated heterocycles. The second kappa shape index (κ2) is 3.46. The minimum atomic E-state index is -0.341. The molecule has 0 radical (unpaired) electrons. The molecule has 0 aromatic carbocycles. The molecule has 0 spiro atoms. The number of nitrogens with two attached hydrogens (primary N) is 1. The Balaban J connectivity index is 2.36. The number of aromatic nitrogens is 1. The van der Waals surface area contributed by atoms with E-state index in [1.54, 1.807) is 22.7 Å². The van der Waals surface area contributed by atoms with Crippen molar-refractivity contribution in [2.24, 2.45) is 5.73 Å². The number of nitrogens with zero attached hydrogens (tertiary/aromatic N) is 1. The fraction of sp³-hybridized carbons (Fsp3) is 0.300. The molecule has 74 valence electrons. The standard InChI is InChI=1S/C10H12N2S2/c1-10(2,11)8-6-14-9(12-8)7-4-3-5-13-7/h3-6H,11H2,1-2H3. The van der Waals surface area contributed by atoms with Crippen LogP contribution in [-0.4, -0.2) is 4.98 Å². The molecule has 2 nitrogen and oxygen atoms in total. The van der Waals surface area contributed by atoms with Gasteiger partial charge in [0.05, 0.1) is 16.1 Å². The van der Waals surface area contributed by atoms with Gasteiger partial charge in [-0.05, 0) is 25.3 Å². The fourth-order valence-electron chi connectivity index (χ4n) is 1.08. The summed E-state index contributed by atoms with van der Waals surface area (Å²) in [4.78, 5) is 5.74. The van der Waals surface area contributed by atoms with Crippen molar-refractivity contribution >= 4 is 22.7 Å². The average Bonchev–Trinajstić information content (AvgIpc) is 2.73. The van der Waals surface area contributed by atoms with Crippen LogP contribution in [0.25, 0.3) is 9.88 Å². The highest BCUT2D eigenvalue weighted by Gasteiger charge is 2.18. The predicted octanol–water partition coefficient (Wildman–Crippen LogP) is 3.07. The van der Waals surface area contributed by atoms with Crippen LogP contribution in [0.15, 0.2) is 22.9 Å². The molecule has 0 unspecified atom stereocenters. The van der Waals surface area contributed by atoms with Gasteiger partial charge in [-0.15, -0.1) is 22.7 Å². The Hall–Kier alpha value is -0.710. The third kappa shape index (κ3) is 1.87. The van der Waals surface area contributed by atoms with E-state index in [-0.39, 0.29) is 5.54 Å². The van der Waals surface area contributed by atoms with Crippen LogP contribution in [0.3, 0.4) is 0 Å². The van der Waals surface area contributed by atoms with Crippen LogP contribution in [0, 0.1) is 0 Å². The zero-order chi connectivity index (χ0) is 10.2. The molecular formula is C10H12N2S2. The van der Waals surface area contributed by atoms with E-state index in [0.29, 0.717) is 0 Å². The van der Waals surface area contributed by atoms with Gasteiger partial charge in [0.25, 0.3) is 0 Å². The lowest BCUT2D eigenvalue weighted by molar-refractivity contribution is 0.539. The lowest BCUT2D eigenvalue weighted by Crippen LogP contribution is -2.28. The van der Waals surface area contributed by atoms with E-state index in [1.165, 1.54) is 4.88 Å². The molecule has 0 fully saturated rings. The number of thiophene rings is 1. The molecule has 0 saturated carbocycles. The van der Waals surface area contributed by atoms with Crippen molar-refractivity contribution in [3.63, 3.8) is 0 Å². The number of rotatable bonds is 2. The maximum absolute atomic E-state index is 5.97.